The number of hydrogen-bond donors (Lipinski definition) is 5. The molecule has 0 aliphatic carbocycles. The van der Waals surface area contributed by atoms with Gasteiger partial charge in [0.05, 0.1) is 10.5 Å². The smallest absolute Gasteiger partial charge is 0.336 e. The molecule has 4 aromatic carbocycles. The summed E-state index contributed by atoms with van der Waals surface area (Å²) in [6.07, 6.45) is 3.89. The van der Waals surface area contributed by atoms with E-state index in [-0.39, 0.29) is 67.2 Å². The van der Waals surface area contributed by atoms with Crippen LogP contribution in [0, 0.1) is 21.7 Å². The van der Waals surface area contributed by atoms with Crippen molar-refractivity contribution in [1.82, 2.24) is 15.3 Å². The van der Waals surface area contributed by atoms with Crippen LogP contribution in [0.25, 0.3) is 12.2 Å². The fourth-order valence-corrected chi connectivity index (χ4v) is 5.80. The first-order valence-corrected chi connectivity index (χ1v) is 16.5. The first kappa shape index (κ1) is 35.9. The van der Waals surface area contributed by atoms with Gasteiger partial charge in [0, 0.05) is 52.0 Å². The summed E-state index contributed by atoms with van der Waals surface area (Å²) in [6.45, 7) is 4.34. The lowest BCUT2D eigenvalue weighted by Crippen LogP contribution is -2.25. The van der Waals surface area contributed by atoms with Crippen LogP contribution in [0.15, 0.2) is 79.0 Å². The van der Waals surface area contributed by atoms with Crippen molar-refractivity contribution in [3.05, 3.63) is 133 Å². The predicted molar refractivity (Wildman–Crippen MR) is 192 cm³/mol. The molecule has 1 amide bonds. The molecule has 0 saturated carbocycles. The number of aromatic nitrogens is 2. The minimum Gasteiger partial charge on any atom is -0.505 e. The van der Waals surface area contributed by atoms with Crippen LogP contribution in [0.2, 0.25) is 0 Å². The van der Waals surface area contributed by atoms with Crippen LogP contribution in [-0.4, -0.2) is 50.1 Å². The van der Waals surface area contributed by atoms with Crippen molar-refractivity contribution >= 4 is 47.2 Å². The summed E-state index contributed by atoms with van der Waals surface area (Å²) in [4.78, 5) is 44.8. The quantitative estimate of drug-likeness (QED) is 0.0506. The molecule has 53 heavy (non-hydrogen) atoms. The molecule has 0 saturated heterocycles. The number of phenols is 1. The van der Waals surface area contributed by atoms with Gasteiger partial charge in [-0.25, -0.2) is 18.6 Å². The lowest BCUT2D eigenvalue weighted by Gasteiger charge is -2.23. The number of carboxylic acid groups (broad SMARTS) is 1. The Hall–Kier alpha value is -6.90. The summed E-state index contributed by atoms with van der Waals surface area (Å²) in [5.74, 6) is -3.83. The Labute approximate surface area is 300 Å². The summed E-state index contributed by atoms with van der Waals surface area (Å²) in [5.41, 5.74) is 0.547. The van der Waals surface area contributed by atoms with Gasteiger partial charge in [-0.1, -0.05) is 43.7 Å². The Bertz CT molecular complexity index is 2360. The molecule has 270 valence electrons. The monoisotopic (exact) mass is 722 g/mol. The van der Waals surface area contributed by atoms with Crippen molar-refractivity contribution in [3.63, 3.8) is 0 Å². The number of halogens is 2. The standard InChI is InChI=1S/C38H32F2N6O7/c1-21-15-32-26(17-28(21)39)34(27-18-29(40)31(47)19-33(27)53-32)24-12-11-22(16-25(24)37(49)50)36(48)42-14-8-3-2-7-13-41-35-30(46(51)52)20-43-38(45-35)44-23-9-5-4-6-10-23/h4-6,9-12,15-20,47H,1-3,7-8,13-14H2,(H,42,48)(H,49,50)(H2,41,43,44,45). The van der Waals surface area contributed by atoms with Gasteiger partial charge in [-0.2, -0.15) is 4.98 Å². The number of nitrogens with one attached hydrogen (secondary N) is 3. The third-order valence-electron chi connectivity index (χ3n) is 8.42. The van der Waals surface area contributed by atoms with Crippen LogP contribution in [0.1, 0.15) is 57.5 Å². The Morgan fingerprint density at radius 1 is 0.906 bits per heavy atom. The van der Waals surface area contributed by atoms with E-state index in [2.05, 4.69) is 32.5 Å². The minimum atomic E-state index is -1.38. The van der Waals surface area contributed by atoms with Crippen LogP contribution < -0.4 is 31.1 Å². The number of nitro groups is 1. The lowest BCUT2D eigenvalue weighted by molar-refractivity contribution is -0.384. The fourth-order valence-electron chi connectivity index (χ4n) is 5.80. The van der Waals surface area contributed by atoms with Gasteiger partial charge >= 0.3 is 11.7 Å². The number of nitrogens with zero attached hydrogens (tertiary/aromatic N) is 3. The summed E-state index contributed by atoms with van der Waals surface area (Å²) >= 11 is 0. The van der Waals surface area contributed by atoms with E-state index >= 15 is 0 Å². The molecular formula is C38H32F2N6O7. The van der Waals surface area contributed by atoms with Crippen molar-refractivity contribution in [3.8, 4) is 17.2 Å². The summed E-state index contributed by atoms with van der Waals surface area (Å²) in [6, 6.07) is 17.6. The van der Waals surface area contributed by atoms with Gasteiger partial charge in [-0.15, -0.1) is 0 Å². The Morgan fingerprint density at radius 3 is 2.40 bits per heavy atom. The average molecular weight is 723 g/mol. The molecular weight excluding hydrogens is 690 g/mol. The average Bonchev–Trinajstić information content (AvgIpc) is 3.13. The zero-order valence-electron chi connectivity index (χ0n) is 28.0. The first-order chi connectivity index (χ1) is 25.5. The van der Waals surface area contributed by atoms with Crippen LogP contribution in [0.3, 0.4) is 0 Å². The Kier molecular flexibility index (Phi) is 10.5. The molecule has 1 aliphatic rings. The number of aromatic carboxylic acids is 1. The SMILES string of the molecule is C=c1cc2c(cc1F)=C(c1ccc(C(=O)NCCCCCCNc3nc(Nc4ccccc4)ncc3[N+](=O)[O-])cc1C(=O)O)c1cc(F)c(O)cc1O2. The topological polar surface area (TPSA) is 189 Å². The number of carbonyl (C=O) groups is 2. The molecule has 0 spiro atoms. The van der Waals surface area contributed by atoms with Crippen molar-refractivity contribution in [2.24, 2.45) is 0 Å². The zero-order valence-corrected chi connectivity index (χ0v) is 28.0. The largest absolute Gasteiger partial charge is 0.505 e. The number of benzene rings is 4. The first-order valence-electron chi connectivity index (χ1n) is 16.5. The molecule has 5 aromatic rings. The molecule has 0 bridgehead atoms. The number of amides is 1. The molecule has 2 heterocycles. The second-order valence-electron chi connectivity index (χ2n) is 12.1. The van der Waals surface area contributed by atoms with E-state index in [4.69, 9.17) is 4.74 Å². The predicted octanol–water partition coefficient (Wildman–Crippen LogP) is 5.98. The molecule has 13 nitrogen and oxygen atoms in total. The van der Waals surface area contributed by atoms with Crippen LogP contribution in [-0.2, 0) is 0 Å². The maximum atomic E-state index is 14.7. The van der Waals surface area contributed by atoms with Crippen molar-refractivity contribution < 1.29 is 38.2 Å². The van der Waals surface area contributed by atoms with E-state index in [9.17, 15) is 38.7 Å². The lowest BCUT2D eigenvalue weighted by atomic mass is 9.88. The number of rotatable bonds is 14. The van der Waals surface area contributed by atoms with Crippen LogP contribution >= 0.6 is 0 Å². The highest BCUT2D eigenvalue weighted by Crippen LogP contribution is 2.40. The molecule has 0 unspecified atom stereocenters. The molecule has 0 radical (unpaired) electrons. The number of anilines is 3. The van der Waals surface area contributed by atoms with Gasteiger partial charge in [0.25, 0.3) is 5.91 Å². The van der Waals surface area contributed by atoms with E-state index in [0.717, 1.165) is 42.9 Å². The van der Waals surface area contributed by atoms with E-state index in [0.29, 0.717) is 25.9 Å². The number of hydrogen-bond acceptors (Lipinski definition) is 10. The van der Waals surface area contributed by atoms with E-state index in [1.165, 1.54) is 24.3 Å². The van der Waals surface area contributed by atoms with E-state index in [1.54, 1.807) is 0 Å². The molecule has 5 N–H and O–H groups in total. The molecule has 0 fully saturated rings. The Morgan fingerprint density at radius 2 is 1.66 bits per heavy atom. The number of para-hydroxylation sites is 1. The minimum absolute atomic E-state index is 0.0135. The van der Waals surface area contributed by atoms with E-state index in [1.807, 2.05) is 30.3 Å². The Balaban J connectivity index is 1.07. The molecule has 1 aliphatic heterocycles. The van der Waals surface area contributed by atoms with Gasteiger partial charge in [-0.3, -0.25) is 14.9 Å². The van der Waals surface area contributed by atoms with Crippen LogP contribution in [0.5, 0.6) is 17.2 Å². The number of carbonyl (C=O) groups excluding carboxylic acids is 1. The maximum Gasteiger partial charge on any atom is 0.336 e. The highest BCUT2D eigenvalue weighted by atomic mass is 19.1. The van der Waals surface area contributed by atoms with Crippen molar-refractivity contribution in [1.29, 1.82) is 0 Å². The molecule has 1 aromatic heterocycles. The van der Waals surface area contributed by atoms with Gasteiger partial charge in [0.2, 0.25) is 11.8 Å². The number of ether oxygens (including phenoxy) is 1. The summed E-state index contributed by atoms with van der Waals surface area (Å²) < 4.78 is 35.1. The summed E-state index contributed by atoms with van der Waals surface area (Å²) in [5, 5.41) is 40.6. The van der Waals surface area contributed by atoms with Crippen molar-refractivity contribution in [2.75, 3.05) is 23.7 Å². The molecule has 6 rings (SSSR count). The summed E-state index contributed by atoms with van der Waals surface area (Å²) in [7, 11) is 0. The van der Waals surface area contributed by atoms with Gasteiger partial charge < -0.3 is 30.9 Å². The highest BCUT2D eigenvalue weighted by Gasteiger charge is 2.27. The second kappa shape index (κ2) is 15.6. The van der Waals surface area contributed by atoms with Gasteiger partial charge in [-0.05, 0) is 60.9 Å². The second-order valence-corrected chi connectivity index (χ2v) is 12.1. The molecule has 0 atom stereocenters. The van der Waals surface area contributed by atoms with Crippen LogP contribution in [0.4, 0.5) is 31.9 Å². The number of carboxylic acids is 1. The number of unbranched alkanes of at least 4 members (excludes halogenated alkanes) is 3. The number of phenolic OH excluding ortho intramolecular Hbond substituents is 1. The van der Waals surface area contributed by atoms with Gasteiger partial charge in [0.15, 0.2) is 11.6 Å². The maximum absolute atomic E-state index is 14.7. The fraction of sp³-hybridized carbons (Fsp3) is 0.158. The normalized spacial score (nSPS) is 11.5. The zero-order chi connectivity index (χ0) is 37.6. The molecule has 15 heteroatoms. The van der Waals surface area contributed by atoms with Crippen molar-refractivity contribution in [2.45, 2.75) is 25.7 Å². The number of fused-ring (bicyclic) bond motifs is 2. The highest BCUT2D eigenvalue weighted by molar-refractivity contribution is 6.02. The number of aromatic hydroxyl groups is 1. The van der Waals surface area contributed by atoms with Gasteiger partial charge in [0.1, 0.15) is 23.5 Å². The third-order valence-corrected chi connectivity index (χ3v) is 8.42. The third kappa shape index (κ3) is 8.04. The van der Waals surface area contributed by atoms with E-state index < -0.39 is 34.2 Å².